The number of allylic oxidation sites excluding steroid dienone is 2. The number of benzene rings is 1. The van der Waals surface area contributed by atoms with E-state index in [0.717, 1.165) is 27.6 Å². The summed E-state index contributed by atoms with van der Waals surface area (Å²) in [6, 6.07) is 7.39. The van der Waals surface area contributed by atoms with Gasteiger partial charge in [0.15, 0.2) is 0 Å². The summed E-state index contributed by atoms with van der Waals surface area (Å²) in [4.78, 5) is 43.3. The third-order valence-corrected chi connectivity index (χ3v) is 6.72. The lowest BCUT2D eigenvalue weighted by atomic mass is 9.85. The Hall–Kier alpha value is -2.80. The largest absolute Gasteiger partial charge is 0.325 e. The molecule has 1 saturated carbocycles. The number of thiazole rings is 1. The first kappa shape index (κ1) is 17.3. The maximum atomic E-state index is 12.7. The van der Waals surface area contributed by atoms with Crippen LogP contribution in [0, 0.1) is 30.6 Å². The molecule has 1 aromatic heterocycles. The third kappa shape index (κ3) is 2.69. The Morgan fingerprint density at radius 1 is 1.14 bits per heavy atom. The van der Waals surface area contributed by atoms with Crippen molar-refractivity contribution >= 4 is 34.7 Å². The van der Waals surface area contributed by atoms with Gasteiger partial charge in [-0.25, -0.2) is 4.98 Å². The first-order valence-electron chi connectivity index (χ1n) is 9.37. The predicted molar refractivity (Wildman–Crippen MR) is 105 cm³/mol. The lowest BCUT2D eigenvalue weighted by molar-refractivity contribution is -0.143. The lowest BCUT2D eigenvalue weighted by Crippen LogP contribution is -2.39. The molecule has 2 fully saturated rings. The van der Waals surface area contributed by atoms with Crippen LogP contribution in [0.1, 0.15) is 11.4 Å². The normalized spacial score (nSPS) is 27.5. The molecule has 0 spiro atoms. The molecule has 1 aromatic carbocycles. The molecule has 4 atom stereocenters. The third-order valence-electron chi connectivity index (χ3n) is 5.95. The summed E-state index contributed by atoms with van der Waals surface area (Å²) in [6.07, 6.45) is 4.98. The first-order valence-corrected chi connectivity index (χ1v) is 10.2. The van der Waals surface area contributed by atoms with Crippen molar-refractivity contribution in [2.24, 2.45) is 23.7 Å². The van der Waals surface area contributed by atoms with Crippen LogP contribution in [-0.2, 0) is 14.4 Å². The van der Waals surface area contributed by atoms with Gasteiger partial charge in [0.1, 0.15) is 6.54 Å². The van der Waals surface area contributed by atoms with Crippen LogP contribution < -0.4 is 5.32 Å². The van der Waals surface area contributed by atoms with Gasteiger partial charge in [0.2, 0.25) is 17.7 Å². The van der Waals surface area contributed by atoms with Gasteiger partial charge in [0.05, 0.1) is 22.5 Å². The molecule has 1 saturated heterocycles. The molecule has 142 valence electrons. The van der Waals surface area contributed by atoms with E-state index in [-0.39, 0.29) is 47.9 Å². The van der Waals surface area contributed by atoms with E-state index in [1.165, 1.54) is 0 Å². The second-order valence-corrected chi connectivity index (χ2v) is 8.70. The number of imide groups is 1. The van der Waals surface area contributed by atoms with Crippen molar-refractivity contribution in [1.82, 2.24) is 9.88 Å². The molecular weight excluding hydrogens is 374 g/mol. The molecule has 0 unspecified atom stereocenters. The summed E-state index contributed by atoms with van der Waals surface area (Å²) in [5.74, 6) is -0.984. The van der Waals surface area contributed by atoms with Gasteiger partial charge in [-0.1, -0.05) is 24.3 Å². The standard InChI is InChI=1S/C21H19N3O3S/c1-11-22-16(10-28-11)12-4-6-15(7-5-12)23-17(25)9-24-20(26)18-13-2-3-14(8-13)19(18)21(24)27/h2-7,10,13-14,18-19H,8-9H2,1H3,(H,23,25)/t13-,14-,18+,19+/m0/s1. The number of aromatic nitrogens is 1. The van der Waals surface area contributed by atoms with Crippen molar-refractivity contribution in [1.29, 1.82) is 0 Å². The van der Waals surface area contributed by atoms with Crippen molar-refractivity contribution in [2.75, 3.05) is 11.9 Å². The zero-order valence-corrected chi connectivity index (χ0v) is 16.1. The summed E-state index contributed by atoms with van der Waals surface area (Å²) < 4.78 is 0. The van der Waals surface area contributed by atoms with Gasteiger partial charge in [-0.05, 0) is 37.3 Å². The minimum absolute atomic E-state index is 0.154. The molecule has 1 aliphatic heterocycles. The van der Waals surface area contributed by atoms with Crippen LogP contribution in [0.4, 0.5) is 5.69 Å². The topological polar surface area (TPSA) is 79.4 Å². The number of nitrogens with zero attached hydrogens (tertiary/aromatic N) is 2. The highest BCUT2D eigenvalue weighted by atomic mass is 32.1. The summed E-state index contributed by atoms with van der Waals surface area (Å²) in [7, 11) is 0. The van der Waals surface area contributed by atoms with Crippen LogP contribution in [-0.4, -0.2) is 34.2 Å². The molecular formula is C21H19N3O3S. The first-order chi connectivity index (χ1) is 13.5. The number of aryl methyl sites for hydroxylation is 1. The van der Waals surface area contributed by atoms with Gasteiger partial charge >= 0.3 is 0 Å². The Kier molecular flexibility index (Phi) is 3.94. The molecule has 28 heavy (non-hydrogen) atoms. The fourth-order valence-electron chi connectivity index (χ4n) is 4.68. The Balaban J connectivity index is 1.24. The Morgan fingerprint density at radius 2 is 1.79 bits per heavy atom. The van der Waals surface area contributed by atoms with Crippen LogP contribution >= 0.6 is 11.3 Å². The number of anilines is 1. The molecule has 3 aliphatic rings. The van der Waals surface area contributed by atoms with Crippen LogP contribution in [0.2, 0.25) is 0 Å². The average molecular weight is 393 g/mol. The van der Waals surface area contributed by atoms with E-state index in [1.807, 2.05) is 36.6 Å². The van der Waals surface area contributed by atoms with Crippen molar-refractivity contribution in [3.63, 3.8) is 0 Å². The van der Waals surface area contributed by atoms with Crippen LogP contribution in [0.25, 0.3) is 11.3 Å². The number of hydrogen-bond donors (Lipinski definition) is 1. The van der Waals surface area contributed by atoms with Gasteiger partial charge in [0.25, 0.3) is 0 Å². The van der Waals surface area contributed by atoms with Crippen LogP contribution in [0.5, 0.6) is 0 Å². The SMILES string of the molecule is Cc1nc(-c2ccc(NC(=O)CN3C(=O)[C@H]4[C@H](C3=O)[C@H]3C=C[C@H]4C3)cc2)cs1. The van der Waals surface area contributed by atoms with Gasteiger partial charge in [-0.2, -0.15) is 0 Å². The van der Waals surface area contributed by atoms with Crippen LogP contribution in [0.15, 0.2) is 41.8 Å². The maximum Gasteiger partial charge on any atom is 0.244 e. The lowest BCUT2D eigenvalue weighted by Gasteiger charge is -2.16. The molecule has 7 heteroatoms. The summed E-state index contributed by atoms with van der Waals surface area (Å²) >= 11 is 1.59. The monoisotopic (exact) mass is 393 g/mol. The quantitative estimate of drug-likeness (QED) is 0.640. The minimum Gasteiger partial charge on any atom is -0.325 e. The van der Waals surface area contributed by atoms with Crippen molar-refractivity contribution in [3.05, 3.63) is 46.8 Å². The molecule has 2 heterocycles. The van der Waals surface area contributed by atoms with E-state index in [9.17, 15) is 14.4 Å². The zero-order chi connectivity index (χ0) is 19.4. The molecule has 2 aliphatic carbocycles. The van der Waals surface area contributed by atoms with Crippen LogP contribution in [0.3, 0.4) is 0 Å². The fraction of sp³-hybridized carbons (Fsp3) is 0.333. The van der Waals surface area contributed by atoms with E-state index >= 15 is 0 Å². The smallest absolute Gasteiger partial charge is 0.244 e. The highest BCUT2D eigenvalue weighted by Crippen LogP contribution is 2.52. The van der Waals surface area contributed by atoms with Gasteiger partial charge in [-0.15, -0.1) is 11.3 Å². The summed E-state index contributed by atoms with van der Waals surface area (Å²) in [6.45, 7) is 1.73. The molecule has 6 nitrogen and oxygen atoms in total. The Morgan fingerprint density at radius 3 is 2.36 bits per heavy atom. The van der Waals surface area contributed by atoms with Gasteiger partial charge in [0, 0.05) is 16.6 Å². The number of amides is 3. The number of rotatable bonds is 4. The van der Waals surface area contributed by atoms with E-state index in [0.29, 0.717) is 5.69 Å². The number of fused-ring (bicyclic) bond motifs is 5. The number of likely N-dealkylation sites (tertiary alicyclic amines) is 1. The molecule has 1 N–H and O–H groups in total. The molecule has 2 bridgehead atoms. The van der Waals surface area contributed by atoms with E-state index in [4.69, 9.17) is 0 Å². The zero-order valence-electron chi connectivity index (χ0n) is 15.3. The number of carbonyl (C=O) groups is 3. The van der Waals surface area contributed by atoms with E-state index in [1.54, 1.807) is 23.5 Å². The molecule has 2 aromatic rings. The summed E-state index contributed by atoms with van der Waals surface area (Å²) in [5.41, 5.74) is 2.51. The fourth-order valence-corrected chi connectivity index (χ4v) is 5.31. The van der Waals surface area contributed by atoms with E-state index in [2.05, 4.69) is 10.3 Å². The van der Waals surface area contributed by atoms with Gasteiger partial charge in [-0.3, -0.25) is 19.3 Å². The number of nitrogens with one attached hydrogen (secondary N) is 1. The molecule has 5 rings (SSSR count). The average Bonchev–Trinajstić information content (AvgIpc) is 3.44. The molecule has 3 amide bonds. The second kappa shape index (κ2) is 6.38. The Bertz CT molecular complexity index is 980. The van der Waals surface area contributed by atoms with Crippen molar-refractivity contribution in [2.45, 2.75) is 13.3 Å². The van der Waals surface area contributed by atoms with Crippen molar-refractivity contribution in [3.8, 4) is 11.3 Å². The van der Waals surface area contributed by atoms with Gasteiger partial charge < -0.3 is 5.32 Å². The predicted octanol–water partition coefficient (Wildman–Crippen LogP) is 2.86. The second-order valence-electron chi connectivity index (χ2n) is 7.64. The summed E-state index contributed by atoms with van der Waals surface area (Å²) in [5, 5.41) is 5.77. The Labute approximate surface area is 166 Å². The highest BCUT2D eigenvalue weighted by Gasteiger charge is 2.59. The maximum absolute atomic E-state index is 12.7. The number of carbonyl (C=O) groups excluding carboxylic acids is 3. The van der Waals surface area contributed by atoms with E-state index < -0.39 is 0 Å². The number of hydrogen-bond acceptors (Lipinski definition) is 5. The molecule has 0 radical (unpaired) electrons. The minimum atomic E-state index is -0.362. The van der Waals surface area contributed by atoms with Crippen molar-refractivity contribution < 1.29 is 14.4 Å². The highest BCUT2D eigenvalue weighted by molar-refractivity contribution is 7.09.